The lowest BCUT2D eigenvalue weighted by atomic mass is 10.0. The van der Waals surface area contributed by atoms with Crippen LogP contribution in [0.3, 0.4) is 0 Å². The van der Waals surface area contributed by atoms with Gasteiger partial charge in [0, 0.05) is 23.1 Å². The van der Waals surface area contributed by atoms with Crippen molar-refractivity contribution in [2.45, 2.75) is 45.1 Å². The van der Waals surface area contributed by atoms with Gasteiger partial charge in [-0.1, -0.05) is 31.0 Å². The average molecular weight is 536 g/mol. The number of benzene rings is 3. The second-order valence-electron chi connectivity index (χ2n) is 11.2. The van der Waals surface area contributed by atoms with Gasteiger partial charge in [0.1, 0.15) is 18.2 Å². The van der Waals surface area contributed by atoms with Crippen LogP contribution in [0, 0.1) is 0 Å². The Balaban J connectivity index is 1.08. The number of likely N-dealkylation sites (tertiary alicyclic amines) is 2. The summed E-state index contributed by atoms with van der Waals surface area (Å²) in [6, 6.07) is 19.2. The highest BCUT2D eigenvalue weighted by molar-refractivity contribution is 5.97. The fourth-order valence-electron chi connectivity index (χ4n) is 6.13. The molecule has 8 heteroatoms. The first-order chi connectivity index (χ1) is 19.8. The summed E-state index contributed by atoms with van der Waals surface area (Å²) in [5.41, 5.74) is 4.00. The molecule has 2 N–H and O–H groups in total. The Morgan fingerprint density at radius 2 is 1.45 bits per heavy atom. The van der Waals surface area contributed by atoms with Gasteiger partial charge in [0.25, 0.3) is 0 Å². The summed E-state index contributed by atoms with van der Waals surface area (Å²) in [6.07, 6.45) is 7.88. The highest BCUT2D eigenvalue weighted by Crippen LogP contribution is 2.32. The largest absolute Gasteiger partial charge is 0.492 e. The zero-order valence-corrected chi connectivity index (χ0v) is 23.0. The Hall–Kier alpha value is -3.75. The Kier molecular flexibility index (Phi) is 7.19. The maximum absolute atomic E-state index is 6.14. The highest BCUT2D eigenvalue weighted by atomic mass is 16.5. The van der Waals surface area contributed by atoms with Crippen LogP contribution in [0.4, 0.5) is 0 Å². The quantitative estimate of drug-likeness (QED) is 0.253. The number of hydrogen-bond acceptors (Lipinski definition) is 6. The monoisotopic (exact) mass is 535 g/mol. The molecular weight excluding hydrogens is 498 g/mol. The molecule has 7 rings (SSSR count). The summed E-state index contributed by atoms with van der Waals surface area (Å²) in [4.78, 5) is 9.75. The van der Waals surface area contributed by atoms with Crippen LogP contribution in [0.1, 0.15) is 44.3 Å². The van der Waals surface area contributed by atoms with Crippen LogP contribution in [0.5, 0.6) is 5.75 Å². The van der Waals surface area contributed by atoms with E-state index in [1.54, 1.807) is 0 Å². The van der Waals surface area contributed by atoms with Gasteiger partial charge < -0.3 is 4.74 Å². The maximum atomic E-state index is 6.14. The van der Waals surface area contributed by atoms with Crippen LogP contribution in [-0.2, 0) is 6.54 Å². The van der Waals surface area contributed by atoms with Crippen molar-refractivity contribution in [1.82, 2.24) is 35.2 Å². The minimum atomic E-state index is 0.727. The second-order valence-corrected chi connectivity index (χ2v) is 11.2. The summed E-state index contributed by atoms with van der Waals surface area (Å²) >= 11 is 0. The molecular formula is C32H37N7O. The van der Waals surface area contributed by atoms with Crippen molar-refractivity contribution in [3.63, 3.8) is 0 Å². The van der Waals surface area contributed by atoms with Gasteiger partial charge in [0.15, 0.2) is 5.82 Å². The van der Waals surface area contributed by atoms with E-state index in [2.05, 4.69) is 84.8 Å². The van der Waals surface area contributed by atoms with E-state index in [9.17, 15) is 0 Å². The van der Waals surface area contributed by atoms with E-state index < -0.39 is 0 Å². The molecule has 0 spiro atoms. The molecule has 8 nitrogen and oxygen atoms in total. The minimum absolute atomic E-state index is 0.727. The van der Waals surface area contributed by atoms with E-state index in [4.69, 9.17) is 9.72 Å². The van der Waals surface area contributed by atoms with Gasteiger partial charge in [-0.3, -0.25) is 20.0 Å². The average Bonchev–Trinajstić information content (AvgIpc) is 3.72. The molecule has 0 bridgehead atoms. The van der Waals surface area contributed by atoms with E-state index in [0.717, 1.165) is 77.9 Å². The van der Waals surface area contributed by atoms with Gasteiger partial charge in [-0.05, 0) is 99.0 Å². The molecule has 2 aliphatic rings. The minimum Gasteiger partial charge on any atom is -0.492 e. The van der Waals surface area contributed by atoms with Crippen LogP contribution in [0.2, 0.25) is 0 Å². The van der Waals surface area contributed by atoms with Gasteiger partial charge >= 0.3 is 0 Å². The zero-order chi connectivity index (χ0) is 26.7. The normalized spacial score (nSPS) is 17.1. The van der Waals surface area contributed by atoms with Crippen molar-refractivity contribution in [3.05, 3.63) is 60.4 Å². The van der Waals surface area contributed by atoms with Gasteiger partial charge in [-0.2, -0.15) is 10.2 Å². The molecule has 2 aliphatic heterocycles. The third-order valence-corrected chi connectivity index (χ3v) is 8.38. The van der Waals surface area contributed by atoms with Crippen LogP contribution >= 0.6 is 0 Å². The summed E-state index contributed by atoms with van der Waals surface area (Å²) in [6.45, 7) is 7.23. The summed E-state index contributed by atoms with van der Waals surface area (Å²) in [5, 5.41) is 18.9. The molecule has 0 atom stereocenters. The molecule has 2 aromatic heterocycles. The number of ether oxygens (including phenoxy) is 1. The lowest BCUT2D eigenvalue weighted by Gasteiger charge is -2.19. The van der Waals surface area contributed by atoms with Gasteiger partial charge in [-0.25, -0.2) is 4.98 Å². The molecule has 0 amide bonds. The number of aromatic nitrogens is 5. The Bertz CT molecular complexity index is 1590. The molecule has 40 heavy (non-hydrogen) atoms. The number of aromatic amines is 2. The van der Waals surface area contributed by atoms with Crippen molar-refractivity contribution >= 4 is 21.7 Å². The zero-order valence-electron chi connectivity index (χ0n) is 23.0. The van der Waals surface area contributed by atoms with Gasteiger partial charge in [0.05, 0.1) is 17.8 Å². The van der Waals surface area contributed by atoms with Crippen molar-refractivity contribution in [2.24, 2.45) is 0 Å². The smallest absolute Gasteiger partial charge is 0.181 e. The topological polar surface area (TPSA) is 86.0 Å². The van der Waals surface area contributed by atoms with Crippen LogP contribution < -0.4 is 4.74 Å². The molecule has 2 saturated heterocycles. The Morgan fingerprint density at radius 1 is 0.700 bits per heavy atom. The number of hydrogen-bond donors (Lipinski definition) is 2. The van der Waals surface area contributed by atoms with E-state index in [0.29, 0.717) is 0 Å². The fourth-order valence-corrected chi connectivity index (χ4v) is 6.13. The number of nitrogens with zero attached hydrogens (tertiary/aromatic N) is 5. The van der Waals surface area contributed by atoms with Crippen molar-refractivity contribution in [3.8, 4) is 28.4 Å². The summed E-state index contributed by atoms with van der Waals surface area (Å²) < 4.78 is 6.14. The Morgan fingerprint density at radius 3 is 2.33 bits per heavy atom. The fraction of sp³-hybridized carbons (Fsp3) is 0.406. The lowest BCUT2D eigenvalue weighted by molar-refractivity contribution is 0.214. The first kappa shape index (κ1) is 25.2. The third kappa shape index (κ3) is 5.46. The molecule has 5 aromatic rings. The predicted octanol–water partition coefficient (Wildman–Crippen LogP) is 6.02. The summed E-state index contributed by atoms with van der Waals surface area (Å²) in [7, 11) is 0. The van der Waals surface area contributed by atoms with E-state index >= 15 is 0 Å². The van der Waals surface area contributed by atoms with E-state index in [-0.39, 0.29) is 0 Å². The Labute approximate surface area is 234 Å². The highest BCUT2D eigenvalue weighted by Gasteiger charge is 2.16. The third-order valence-electron chi connectivity index (χ3n) is 8.38. The first-order valence-electron chi connectivity index (χ1n) is 14.8. The standard InChI is InChI=1S/C32H37N7O/c1-2-4-14-38(13-3-1)17-18-40-27-11-9-23-19-25(8-7-24(23)20-27)31-28-21-26(10-12-29(28)34-36-31)32-33-30(35-37-32)22-39-15-5-6-16-39/h7-12,19-21H,1-6,13-18,22H2,(H,34,36)(H,33,35,37). The van der Waals surface area contributed by atoms with E-state index in [1.165, 1.54) is 62.4 Å². The molecule has 3 aromatic carbocycles. The number of nitrogens with one attached hydrogen (secondary N) is 2. The predicted molar refractivity (Wildman–Crippen MR) is 159 cm³/mol. The molecule has 0 aliphatic carbocycles. The number of fused-ring (bicyclic) bond motifs is 2. The van der Waals surface area contributed by atoms with Crippen molar-refractivity contribution in [1.29, 1.82) is 0 Å². The molecule has 2 fully saturated rings. The molecule has 0 radical (unpaired) electrons. The SMILES string of the molecule is c1cc2cc(-c3n[nH]c4ccc(-c5n[nH]c(CN6CCCC6)n5)cc34)ccc2cc1OCCN1CCCCCC1. The molecule has 206 valence electrons. The van der Waals surface area contributed by atoms with Crippen LogP contribution in [0.25, 0.3) is 44.3 Å². The molecule has 0 saturated carbocycles. The van der Waals surface area contributed by atoms with E-state index in [1.807, 2.05) is 0 Å². The first-order valence-corrected chi connectivity index (χ1v) is 14.8. The van der Waals surface area contributed by atoms with Gasteiger partial charge in [-0.15, -0.1) is 0 Å². The maximum Gasteiger partial charge on any atom is 0.181 e. The lowest BCUT2D eigenvalue weighted by Crippen LogP contribution is -2.29. The van der Waals surface area contributed by atoms with Crippen molar-refractivity contribution < 1.29 is 4.74 Å². The van der Waals surface area contributed by atoms with Crippen molar-refractivity contribution in [2.75, 3.05) is 39.3 Å². The summed E-state index contributed by atoms with van der Waals surface area (Å²) in [5.74, 6) is 2.58. The number of H-pyrrole nitrogens is 2. The van der Waals surface area contributed by atoms with Gasteiger partial charge in [0.2, 0.25) is 0 Å². The molecule has 4 heterocycles. The second kappa shape index (κ2) is 11.4. The number of rotatable bonds is 8. The van der Waals surface area contributed by atoms with Crippen LogP contribution in [0.15, 0.2) is 54.6 Å². The molecule has 0 unspecified atom stereocenters. The van der Waals surface area contributed by atoms with Crippen LogP contribution in [-0.4, -0.2) is 74.5 Å².